The summed E-state index contributed by atoms with van der Waals surface area (Å²) in [7, 11) is 0. The van der Waals surface area contributed by atoms with Gasteiger partial charge in [0, 0.05) is 0 Å². The summed E-state index contributed by atoms with van der Waals surface area (Å²) in [5.41, 5.74) is 2.09. The normalized spacial score (nSPS) is 18.7. The van der Waals surface area contributed by atoms with Gasteiger partial charge in [0.1, 0.15) is 12.6 Å². The topological polar surface area (TPSA) is 71.0 Å². The molecule has 1 aliphatic heterocycles. The molecule has 1 unspecified atom stereocenters. The number of imide groups is 1. The Bertz CT molecular complexity index is 593. The predicted octanol–water partition coefficient (Wildman–Crippen LogP) is 2.06. The van der Waals surface area contributed by atoms with Gasteiger partial charge < -0.3 is 10.2 Å². The molecular weight excluding hydrogens is 270 g/mol. The van der Waals surface area contributed by atoms with Gasteiger partial charge in [-0.25, -0.2) is 9.69 Å². The van der Waals surface area contributed by atoms with Gasteiger partial charge in [-0.05, 0) is 31.5 Å². The largest absolute Gasteiger partial charge is 0.391 e. The molecule has 6 nitrogen and oxygen atoms in total. The fourth-order valence-corrected chi connectivity index (χ4v) is 1.94. The van der Waals surface area contributed by atoms with Crippen molar-refractivity contribution in [3.63, 3.8) is 0 Å². The van der Waals surface area contributed by atoms with Gasteiger partial charge in [-0.2, -0.15) is 0 Å². The number of hydrogen-bond acceptors (Lipinski definition) is 4. The van der Waals surface area contributed by atoms with Crippen molar-refractivity contribution >= 4 is 23.3 Å². The number of hydrogen-bond donors (Lipinski definition) is 1. The number of amides is 3. The molecule has 0 saturated carbocycles. The summed E-state index contributed by atoms with van der Waals surface area (Å²) in [5.74, 6) is -0.257. The maximum atomic E-state index is 11.9. The number of benzene rings is 1. The average molecular weight is 287 g/mol. The second-order valence-corrected chi connectivity index (χ2v) is 4.65. The molecule has 1 saturated heterocycles. The number of nitrogens with one attached hydrogen (secondary N) is 1. The zero-order valence-corrected chi connectivity index (χ0v) is 12.0. The fourth-order valence-electron chi connectivity index (χ4n) is 1.94. The average Bonchev–Trinajstić information content (AvgIpc) is 2.72. The first kappa shape index (κ1) is 14.8. The second kappa shape index (κ2) is 6.21. The van der Waals surface area contributed by atoms with Gasteiger partial charge in [0.05, 0.1) is 11.4 Å². The van der Waals surface area contributed by atoms with E-state index >= 15 is 0 Å². The molecule has 1 aliphatic rings. The summed E-state index contributed by atoms with van der Waals surface area (Å²) in [6.07, 6.45) is 1.61. The first-order valence-electron chi connectivity index (χ1n) is 6.57. The van der Waals surface area contributed by atoms with E-state index in [4.69, 9.17) is 4.84 Å². The molecule has 1 aromatic rings. The van der Waals surface area contributed by atoms with Gasteiger partial charge in [-0.15, -0.1) is 0 Å². The van der Waals surface area contributed by atoms with Crippen LogP contribution < -0.4 is 10.2 Å². The summed E-state index contributed by atoms with van der Waals surface area (Å²) in [6, 6.07) is 6.09. The molecule has 2 rings (SSSR count). The zero-order valence-electron chi connectivity index (χ0n) is 12.0. The van der Waals surface area contributed by atoms with Crippen molar-refractivity contribution in [1.29, 1.82) is 0 Å². The minimum Gasteiger partial charge on any atom is -0.391 e. The summed E-state index contributed by atoms with van der Waals surface area (Å²) in [6.45, 7) is 7.35. The molecule has 3 amide bonds. The van der Waals surface area contributed by atoms with E-state index in [-0.39, 0.29) is 5.91 Å². The Morgan fingerprint density at radius 1 is 1.43 bits per heavy atom. The van der Waals surface area contributed by atoms with Crippen molar-refractivity contribution < 1.29 is 14.4 Å². The van der Waals surface area contributed by atoms with Crippen LogP contribution in [-0.4, -0.2) is 30.3 Å². The number of urea groups is 1. The molecule has 21 heavy (non-hydrogen) atoms. The first-order valence-corrected chi connectivity index (χ1v) is 6.57. The highest BCUT2D eigenvalue weighted by Crippen LogP contribution is 2.20. The van der Waals surface area contributed by atoms with Crippen LogP contribution in [0.2, 0.25) is 0 Å². The molecule has 0 aromatic heterocycles. The van der Waals surface area contributed by atoms with Crippen LogP contribution >= 0.6 is 0 Å². The van der Waals surface area contributed by atoms with Gasteiger partial charge in [0.25, 0.3) is 5.91 Å². The van der Waals surface area contributed by atoms with Gasteiger partial charge in [0.2, 0.25) is 0 Å². The highest BCUT2D eigenvalue weighted by atomic mass is 16.6. The Morgan fingerprint density at radius 2 is 2.10 bits per heavy atom. The minimum atomic E-state index is -0.493. The van der Waals surface area contributed by atoms with Gasteiger partial charge in [-0.1, -0.05) is 29.9 Å². The Labute approximate surface area is 123 Å². The molecular formula is C15H17N3O3. The van der Waals surface area contributed by atoms with Crippen LogP contribution in [0.5, 0.6) is 0 Å². The Morgan fingerprint density at radius 3 is 2.62 bits per heavy atom. The van der Waals surface area contributed by atoms with Crippen LogP contribution in [-0.2, 0) is 9.63 Å². The summed E-state index contributed by atoms with van der Waals surface area (Å²) in [5, 5.41) is 6.51. The van der Waals surface area contributed by atoms with E-state index < -0.39 is 12.1 Å². The predicted molar refractivity (Wildman–Crippen MR) is 80.3 cm³/mol. The van der Waals surface area contributed by atoms with Crippen LogP contribution in [0, 0.1) is 0 Å². The van der Waals surface area contributed by atoms with Crippen LogP contribution in [0.3, 0.4) is 0 Å². The highest BCUT2D eigenvalue weighted by molar-refractivity contribution is 6.21. The number of carbonyl (C=O) groups is 2. The van der Waals surface area contributed by atoms with Crippen molar-refractivity contribution in [3.8, 4) is 0 Å². The SMILES string of the molecule is C=CCON=C(C)c1ccc(N2C(=O)NC(C)C2=O)cc1. The number of rotatable bonds is 5. The number of nitrogens with zero attached hydrogens (tertiary/aromatic N) is 2. The van der Waals surface area contributed by atoms with Gasteiger partial charge in [0.15, 0.2) is 0 Å². The van der Waals surface area contributed by atoms with E-state index in [0.29, 0.717) is 18.0 Å². The fraction of sp³-hybridized carbons (Fsp3) is 0.267. The van der Waals surface area contributed by atoms with Crippen molar-refractivity contribution in [2.75, 3.05) is 11.5 Å². The molecule has 0 radical (unpaired) electrons. The van der Waals surface area contributed by atoms with Crippen molar-refractivity contribution in [1.82, 2.24) is 5.32 Å². The maximum Gasteiger partial charge on any atom is 0.329 e. The van der Waals surface area contributed by atoms with Crippen molar-refractivity contribution in [2.45, 2.75) is 19.9 Å². The number of anilines is 1. The summed E-state index contributed by atoms with van der Waals surface area (Å²) < 4.78 is 0. The lowest BCUT2D eigenvalue weighted by molar-refractivity contribution is -0.117. The van der Waals surface area contributed by atoms with E-state index in [1.807, 2.05) is 6.92 Å². The Hall–Kier alpha value is -2.63. The third-order valence-corrected chi connectivity index (χ3v) is 3.07. The third-order valence-electron chi connectivity index (χ3n) is 3.07. The van der Waals surface area contributed by atoms with Crippen LogP contribution in [0.25, 0.3) is 0 Å². The zero-order chi connectivity index (χ0) is 15.4. The quantitative estimate of drug-likeness (QED) is 0.296. The lowest BCUT2D eigenvalue weighted by Crippen LogP contribution is -2.30. The first-order chi connectivity index (χ1) is 10.0. The van der Waals surface area contributed by atoms with Crippen molar-refractivity contribution in [3.05, 3.63) is 42.5 Å². The number of oxime groups is 1. The second-order valence-electron chi connectivity index (χ2n) is 4.65. The van der Waals surface area contributed by atoms with E-state index in [0.717, 1.165) is 10.5 Å². The monoisotopic (exact) mass is 287 g/mol. The Kier molecular flexibility index (Phi) is 4.37. The van der Waals surface area contributed by atoms with E-state index in [2.05, 4.69) is 17.1 Å². The molecule has 0 spiro atoms. The molecule has 0 aliphatic carbocycles. The standard InChI is InChI=1S/C15H17N3O3/c1-4-9-21-17-10(2)12-5-7-13(8-6-12)18-14(19)11(3)16-15(18)20/h4-8,11H,1,9H2,2-3H3,(H,16,20). The molecule has 6 heteroatoms. The van der Waals surface area contributed by atoms with Gasteiger partial charge in [-0.3, -0.25) is 4.79 Å². The lowest BCUT2D eigenvalue weighted by Gasteiger charge is -2.13. The van der Waals surface area contributed by atoms with E-state index in [1.165, 1.54) is 0 Å². The smallest absolute Gasteiger partial charge is 0.329 e. The lowest BCUT2D eigenvalue weighted by atomic mass is 10.1. The molecule has 1 fully saturated rings. The molecule has 0 bridgehead atoms. The van der Waals surface area contributed by atoms with E-state index in [9.17, 15) is 9.59 Å². The molecule has 1 N–H and O–H groups in total. The molecule has 1 atom stereocenters. The third kappa shape index (κ3) is 3.10. The van der Waals surface area contributed by atoms with Crippen LogP contribution in [0.1, 0.15) is 19.4 Å². The maximum absolute atomic E-state index is 11.9. The van der Waals surface area contributed by atoms with Gasteiger partial charge >= 0.3 is 6.03 Å². The van der Waals surface area contributed by atoms with Crippen molar-refractivity contribution in [2.24, 2.45) is 5.16 Å². The van der Waals surface area contributed by atoms with E-state index in [1.54, 1.807) is 37.3 Å². The molecule has 110 valence electrons. The summed E-state index contributed by atoms with van der Waals surface area (Å²) >= 11 is 0. The molecule has 1 aromatic carbocycles. The molecule has 1 heterocycles. The van der Waals surface area contributed by atoms with Crippen LogP contribution in [0.15, 0.2) is 42.1 Å². The van der Waals surface area contributed by atoms with Crippen LogP contribution in [0.4, 0.5) is 10.5 Å². The number of carbonyl (C=O) groups excluding carboxylic acids is 2. The highest BCUT2D eigenvalue weighted by Gasteiger charge is 2.35. The minimum absolute atomic E-state index is 0.257. The summed E-state index contributed by atoms with van der Waals surface area (Å²) in [4.78, 5) is 29.8. The Balaban J connectivity index is 2.16.